The second-order valence-corrected chi connectivity index (χ2v) is 8.79. The summed E-state index contributed by atoms with van der Waals surface area (Å²) in [5.74, 6) is 1.78. The quantitative estimate of drug-likeness (QED) is 0.770. The van der Waals surface area contributed by atoms with Crippen LogP contribution in [0, 0.1) is 13.8 Å². The molecule has 0 spiro atoms. The van der Waals surface area contributed by atoms with Crippen LogP contribution in [-0.2, 0) is 10.0 Å². The van der Waals surface area contributed by atoms with Crippen molar-refractivity contribution in [2.45, 2.75) is 51.5 Å². The number of nitrogens with zero attached hydrogens (tertiary/aromatic N) is 5. The molecule has 1 aliphatic rings. The van der Waals surface area contributed by atoms with Gasteiger partial charge in [0.15, 0.2) is 11.6 Å². The Balaban J connectivity index is 1.69. The summed E-state index contributed by atoms with van der Waals surface area (Å²) in [6.07, 6.45) is 0. The van der Waals surface area contributed by atoms with E-state index in [-0.39, 0.29) is 16.9 Å². The lowest BCUT2D eigenvalue weighted by Gasteiger charge is -2.36. The first-order valence-corrected chi connectivity index (χ1v) is 10.2. The molecule has 1 fully saturated rings. The number of sulfonamides is 1. The van der Waals surface area contributed by atoms with Gasteiger partial charge in [0.1, 0.15) is 10.6 Å². The van der Waals surface area contributed by atoms with Crippen LogP contribution in [0.25, 0.3) is 0 Å². The molecule has 2 aromatic heterocycles. The van der Waals surface area contributed by atoms with E-state index in [2.05, 4.69) is 20.2 Å². The third-order valence-electron chi connectivity index (χ3n) is 4.72. The summed E-state index contributed by atoms with van der Waals surface area (Å²) >= 11 is 0. The van der Waals surface area contributed by atoms with Crippen molar-refractivity contribution in [3.05, 3.63) is 23.2 Å². The summed E-state index contributed by atoms with van der Waals surface area (Å²) in [5.41, 5.74) is 0.394. The molecule has 0 saturated carbocycles. The normalized spacial score (nSPS) is 18.5. The molecule has 1 aliphatic heterocycles. The fourth-order valence-electron chi connectivity index (χ4n) is 3.11. The Morgan fingerprint density at radius 3 is 2.15 bits per heavy atom. The highest BCUT2D eigenvalue weighted by atomic mass is 32.2. The minimum absolute atomic E-state index is 0.0566. The molecule has 26 heavy (non-hydrogen) atoms. The molecular weight excluding hydrogens is 358 g/mol. The Bertz CT molecular complexity index is 846. The van der Waals surface area contributed by atoms with E-state index in [0.717, 1.165) is 0 Å². The van der Waals surface area contributed by atoms with Gasteiger partial charge in [0.2, 0.25) is 15.9 Å². The van der Waals surface area contributed by atoms with Crippen LogP contribution in [0.5, 0.6) is 0 Å². The van der Waals surface area contributed by atoms with Gasteiger partial charge < -0.3 is 9.05 Å². The van der Waals surface area contributed by atoms with Crippen molar-refractivity contribution in [1.29, 1.82) is 0 Å². The lowest BCUT2D eigenvalue weighted by Crippen LogP contribution is -2.49. The first kappa shape index (κ1) is 19.0. The van der Waals surface area contributed by atoms with Crippen LogP contribution in [0.2, 0.25) is 0 Å². The topological polar surface area (TPSA) is 106 Å². The summed E-state index contributed by atoms with van der Waals surface area (Å²) in [6.45, 7) is 11.2. The number of piperazine rings is 1. The molecule has 9 nitrogen and oxygen atoms in total. The molecule has 0 N–H and O–H groups in total. The fourth-order valence-corrected chi connectivity index (χ4v) is 4.82. The van der Waals surface area contributed by atoms with E-state index in [1.165, 1.54) is 4.31 Å². The van der Waals surface area contributed by atoms with Gasteiger partial charge in [-0.15, -0.1) is 0 Å². The van der Waals surface area contributed by atoms with Crippen molar-refractivity contribution in [3.63, 3.8) is 0 Å². The molecule has 0 amide bonds. The van der Waals surface area contributed by atoms with Crippen LogP contribution in [0.15, 0.2) is 13.9 Å². The lowest BCUT2D eigenvalue weighted by atomic mass is 10.2. The number of rotatable bonds is 5. The predicted octanol–water partition coefficient (Wildman–Crippen LogP) is 1.87. The fraction of sp³-hybridized carbons (Fsp3) is 0.688. The largest absolute Gasteiger partial charge is 0.360 e. The van der Waals surface area contributed by atoms with Crippen LogP contribution < -0.4 is 0 Å². The SMILES string of the molecule is Cc1noc(C)c1S(=O)(=O)N1CCN(C(C)c2nc(C(C)C)no2)CC1. The van der Waals surface area contributed by atoms with Crippen molar-refractivity contribution in [2.24, 2.45) is 0 Å². The average Bonchev–Trinajstić information content (AvgIpc) is 3.21. The molecule has 3 rings (SSSR count). The van der Waals surface area contributed by atoms with Gasteiger partial charge in [-0.2, -0.15) is 9.29 Å². The minimum atomic E-state index is -3.60. The summed E-state index contributed by atoms with van der Waals surface area (Å²) < 4.78 is 37.6. The number of aryl methyl sites for hydroxylation is 2. The summed E-state index contributed by atoms with van der Waals surface area (Å²) in [5, 5.41) is 7.76. The van der Waals surface area contributed by atoms with Crippen molar-refractivity contribution in [3.8, 4) is 0 Å². The van der Waals surface area contributed by atoms with Gasteiger partial charge >= 0.3 is 0 Å². The van der Waals surface area contributed by atoms with Crippen LogP contribution in [0.3, 0.4) is 0 Å². The lowest BCUT2D eigenvalue weighted by molar-refractivity contribution is 0.124. The minimum Gasteiger partial charge on any atom is -0.360 e. The number of hydrogen-bond acceptors (Lipinski definition) is 8. The third kappa shape index (κ3) is 3.40. The maximum absolute atomic E-state index is 12.9. The van der Waals surface area contributed by atoms with Gasteiger partial charge in [-0.3, -0.25) is 4.90 Å². The molecule has 144 valence electrons. The molecule has 2 aromatic rings. The molecule has 3 heterocycles. The van der Waals surface area contributed by atoms with E-state index in [1.54, 1.807) is 13.8 Å². The highest BCUT2D eigenvalue weighted by molar-refractivity contribution is 7.89. The number of hydrogen-bond donors (Lipinski definition) is 0. The van der Waals surface area contributed by atoms with Crippen molar-refractivity contribution >= 4 is 10.0 Å². The zero-order chi connectivity index (χ0) is 19.1. The van der Waals surface area contributed by atoms with E-state index in [0.29, 0.717) is 49.3 Å². The van der Waals surface area contributed by atoms with Gasteiger partial charge in [-0.1, -0.05) is 24.2 Å². The summed E-state index contributed by atoms with van der Waals surface area (Å²) in [7, 11) is -3.60. The Morgan fingerprint density at radius 1 is 1.00 bits per heavy atom. The Hall–Kier alpha value is -1.78. The van der Waals surface area contributed by atoms with E-state index >= 15 is 0 Å². The predicted molar refractivity (Wildman–Crippen MR) is 93.1 cm³/mol. The van der Waals surface area contributed by atoms with E-state index in [9.17, 15) is 8.42 Å². The highest BCUT2D eigenvalue weighted by Gasteiger charge is 2.35. The van der Waals surface area contributed by atoms with Crippen LogP contribution in [-0.4, -0.2) is 59.1 Å². The second-order valence-electron chi connectivity index (χ2n) is 6.91. The maximum atomic E-state index is 12.9. The Morgan fingerprint density at radius 2 is 1.65 bits per heavy atom. The first-order valence-electron chi connectivity index (χ1n) is 8.72. The monoisotopic (exact) mass is 383 g/mol. The Labute approximate surface area is 153 Å². The standard InChI is InChI=1S/C16H25N5O4S/c1-10(2)15-17-16(25-19-15)12(4)20-6-8-21(9-7-20)26(22,23)14-11(3)18-24-13(14)5/h10,12H,6-9H2,1-5H3. The molecule has 0 aromatic carbocycles. The second kappa shape index (κ2) is 7.09. The van der Waals surface area contributed by atoms with Gasteiger partial charge in [0.25, 0.3) is 0 Å². The molecular formula is C16H25N5O4S. The average molecular weight is 383 g/mol. The molecule has 1 atom stereocenters. The van der Waals surface area contributed by atoms with Crippen molar-refractivity contribution in [2.75, 3.05) is 26.2 Å². The maximum Gasteiger partial charge on any atom is 0.248 e. The zero-order valence-corrected chi connectivity index (χ0v) is 16.6. The van der Waals surface area contributed by atoms with Crippen molar-refractivity contribution < 1.29 is 17.5 Å². The number of aromatic nitrogens is 3. The third-order valence-corrected chi connectivity index (χ3v) is 6.86. The van der Waals surface area contributed by atoms with E-state index < -0.39 is 10.0 Å². The van der Waals surface area contributed by atoms with Crippen molar-refractivity contribution in [1.82, 2.24) is 24.5 Å². The molecule has 0 aliphatic carbocycles. The zero-order valence-electron chi connectivity index (χ0n) is 15.8. The van der Waals surface area contributed by atoms with E-state index in [1.807, 2.05) is 20.8 Å². The highest BCUT2D eigenvalue weighted by Crippen LogP contribution is 2.27. The van der Waals surface area contributed by atoms with Crippen LogP contribution in [0.4, 0.5) is 0 Å². The smallest absolute Gasteiger partial charge is 0.248 e. The molecule has 1 saturated heterocycles. The van der Waals surface area contributed by atoms with Gasteiger partial charge in [0, 0.05) is 32.1 Å². The van der Waals surface area contributed by atoms with E-state index in [4.69, 9.17) is 9.05 Å². The van der Waals surface area contributed by atoms with Gasteiger partial charge in [0.05, 0.1) is 6.04 Å². The van der Waals surface area contributed by atoms with Crippen LogP contribution >= 0.6 is 0 Å². The molecule has 10 heteroatoms. The molecule has 1 unspecified atom stereocenters. The van der Waals surface area contributed by atoms with Gasteiger partial charge in [-0.05, 0) is 20.8 Å². The summed E-state index contributed by atoms with van der Waals surface area (Å²) in [6, 6.07) is -0.0566. The van der Waals surface area contributed by atoms with Gasteiger partial charge in [-0.25, -0.2) is 8.42 Å². The Kier molecular flexibility index (Phi) is 5.18. The first-order chi connectivity index (χ1) is 12.2. The molecule has 0 bridgehead atoms. The summed E-state index contributed by atoms with van der Waals surface area (Å²) in [4.78, 5) is 6.77. The molecule has 0 radical (unpaired) electrons. The van der Waals surface area contributed by atoms with Crippen LogP contribution in [0.1, 0.15) is 55.9 Å².